The summed E-state index contributed by atoms with van der Waals surface area (Å²) in [5, 5.41) is 6.64. The minimum atomic E-state index is 0.386. The molecular formula is C19H20N6O. The second-order valence-corrected chi connectivity index (χ2v) is 6.22. The van der Waals surface area contributed by atoms with Crippen LogP contribution in [0.15, 0.2) is 49.2 Å². The highest BCUT2D eigenvalue weighted by atomic mass is 16.5. The van der Waals surface area contributed by atoms with Gasteiger partial charge in [0, 0.05) is 49.2 Å². The van der Waals surface area contributed by atoms with Gasteiger partial charge in [0.1, 0.15) is 18.0 Å². The zero-order chi connectivity index (χ0) is 17.8. The summed E-state index contributed by atoms with van der Waals surface area (Å²) in [6, 6.07) is 7.96. The average Bonchev–Trinajstić information content (AvgIpc) is 3.11. The van der Waals surface area contributed by atoms with E-state index >= 15 is 0 Å². The van der Waals surface area contributed by atoms with Crippen LogP contribution in [0.3, 0.4) is 0 Å². The molecule has 0 saturated heterocycles. The van der Waals surface area contributed by atoms with Crippen LogP contribution in [0.4, 0.5) is 11.6 Å². The van der Waals surface area contributed by atoms with Gasteiger partial charge in [-0.1, -0.05) is 12.1 Å². The number of anilines is 2. The van der Waals surface area contributed by atoms with E-state index in [4.69, 9.17) is 4.74 Å². The largest absolute Gasteiger partial charge is 0.481 e. The van der Waals surface area contributed by atoms with Gasteiger partial charge in [0.2, 0.25) is 5.88 Å². The van der Waals surface area contributed by atoms with Crippen molar-refractivity contribution in [3.63, 3.8) is 0 Å². The van der Waals surface area contributed by atoms with Crippen LogP contribution in [-0.4, -0.2) is 33.6 Å². The third-order valence-electron chi connectivity index (χ3n) is 4.48. The second-order valence-electron chi connectivity index (χ2n) is 6.22. The van der Waals surface area contributed by atoms with Crippen molar-refractivity contribution in [1.29, 1.82) is 0 Å². The summed E-state index contributed by atoms with van der Waals surface area (Å²) in [6.45, 7) is 1.55. The lowest BCUT2D eigenvalue weighted by molar-refractivity contribution is 0.397. The minimum Gasteiger partial charge on any atom is -0.481 e. The predicted octanol–water partition coefficient (Wildman–Crippen LogP) is 2.64. The number of pyridine rings is 2. The Labute approximate surface area is 151 Å². The van der Waals surface area contributed by atoms with Crippen LogP contribution in [0.2, 0.25) is 0 Å². The van der Waals surface area contributed by atoms with Crippen LogP contribution in [0.25, 0.3) is 0 Å². The summed E-state index contributed by atoms with van der Waals surface area (Å²) in [5.41, 5.74) is 3.46. The monoisotopic (exact) mass is 348 g/mol. The van der Waals surface area contributed by atoms with Gasteiger partial charge in [0.25, 0.3) is 0 Å². The summed E-state index contributed by atoms with van der Waals surface area (Å²) in [7, 11) is 1.61. The van der Waals surface area contributed by atoms with E-state index in [0.717, 1.165) is 30.2 Å². The fourth-order valence-corrected chi connectivity index (χ4v) is 3.06. The fraction of sp³-hybridized carbons (Fsp3) is 0.263. The van der Waals surface area contributed by atoms with Crippen LogP contribution >= 0.6 is 0 Å². The van der Waals surface area contributed by atoms with Gasteiger partial charge in [-0.05, 0) is 23.6 Å². The molecular weight excluding hydrogens is 328 g/mol. The molecule has 0 radical (unpaired) electrons. The molecule has 0 spiro atoms. The van der Waals surface area contributed by atoms with Gasteiger partial charge in [-0.25, -0.2) is 19.9 Å². The lowest BCUT2D eigenvalue weighted by Crippen LogP contribution is -2.06. The van der Waals surface area contributed by atoms with Gasteiger partial charge < -0.3 is 15.4 Å². The highest BCUT2D eigenvalue weighted by molar-refractivity contribution is 5.51. The fourth-order valence-electron chi connectivity index (χ4n) is 3.06. The number of aromatic nitrogens is 4. The number of methoxy groups -OCH3 is 1. The molecule has 2 N–H and O–H groups in total. The smallest absolute Gasteiger partial charge is 0.212 e. The van der Waals surface area contributed by atoms with Crippen molar-refractivity contribution in [2.24, 2.45) is 0 Å². The van der Waals surface area contributed by atoms with E-state index in [2.05, 4.69) is 36.6 Å². The van der Waals surface area contributed by atoms with Gasteiger partial charge in [-0.2, -0.15) is 0 Å². The molecule has 1 unspecified atom stereocenters. The van der Waals surface area contributed by atoms with Gasteiger partial charge in [0.05, 0.1) is 7.11 Å². The van der Waals surface area contributed by atoms with Gasteiger partial charge in [0.15, 0.2) is 0 Å². The van der Waals surface area contributed by atoms with Crippen molar-refractivity contribution < 1.29 is 4.74 Å². The van der Waals surface area contributed by atoms with E-state index < -0.39 is 0 Å². The molecule has 0 aliphatic carbocycles. The number of nitrogens with zero attached hydrogens (tertiary/aromatic N) is 4. The first-order valence-corrected chi connectivity index (χ1v) is 8.53. The molecule has 1 aliphatic heterocycles. The Morgan fingerprint density at radius 3 is 2.73 bits per heavy atom. The van der Waals surface area contributed by atoms with Crippen molar-refractivity contribution in [3.8, 4) is 5.88 Å². The Bertz CT molecular complexity index is 866. The minimum absolute atomic E-state index is 0.386. The van der Waals surface area contributed by atoms with Crippen molar-refractivity contribution in [2.75, 3.05) is 24.3 Å². The SMILES string of the molecule is COc1ccc(CNc2ccc(CC3CNc4ncncc43)cn2)cn1. The molecule has 3 aromatic rings. The normalized spacial score (nSPS) is 15.2. The Morgan fingerprint density at radius 1 is 1.08 bits per heavy atom. The first kappa shape index (κ1) is 16.3. The van der Waals surface area contributed by atoms with Crippen molar-refractivity contribution in [2.45, 2.75) is 18.9 Å². The third kappa shape index (κ3) is 3.56. The molecule has 26 heavy (non-hydrogen) atoms. The molecule has 3 aromatic heterocycles. The molecule has 132 valence electrons. The molecule has 0 saturated carbocycles. The molecule has 0 amide bonds. The lowest BCUT2D eigenvalue weighted by Gasteiger charge is -2.10. The van der Waals surface area contributed by atoms with Crippen LogP contribution < -0.4 is 15.4 Å². The maximum atomic E-state index is 5.07. The van der Waals surface area contributed by atoms with Gasteiger partial charge >= 0.3 is 0 Å². The average molecular weight is 348 g/mol. The first-order chi connectivity index (χ1) is 12.8. The van der Waals surface area contributed by atoms with Crippen LogP contribution in [0, 0.1) is 0 Å². The lowest BCUT2D eigenvalue weighted by atomic mass is 9.96. The molecule has 4 heterocycles. The van der Waals surface area contributed by atoms with E-state index in [-0.39, 0.29) is 0 Å². The second kappa shape index (κ2) is 7.35. The molecule has 7 nitrogen and oxygen atoms in total. The predicted molar refractivity (Wildman–Crippen MR) is 99.3 cm³/mol. The molecule has 0 bridgehead atoms. The molecule has 4 rings (SSSR count). The zero-order valence-corrected chi connectivity index (χ0v) is 14.5. The van der Waals surface area contributed by atoms with Crippen molar-refractivity contribution >= 4 is 11.6 Å². The molecule has 0 aromatic carbocycles. The molecule has 1 aliphatic rings. The molecule has 1 atom stereocenters. The number of hydrogen-bond acceptors (Lipinski definition) is 7. The summed E-state index contributed by atoms with van der Waals surface area (Å²) >= 11 is 0. The Balaban J connectivity index is 1.35. The maximum Gasteiger partial charge on any atom is 0.212 e. The van der Waals surface area contributed by atoms with E-state index in [1.165, 1.54) is 11.1 Å². The van der Waals surface area contributed by atoms with Crippen LogP contribution in [0.5, 0.6) is 5.88 Å². The van der Waals surface area contributed by atoms with E-state index in [1.807, 2.05) is 30.6 Å². The number of nitrogens with one attached hydrogen (secondary N) is 2. The maximum absolute atomic E-state index is 5.07. The zero-order valence-electron chi connectivity index (χ0n) is 14.5. The Hall–Kier alpha value is -3.22. The summed E-state index contributed by atoms with van der Waals surface area (Å²) < 4.78 is 5.07. The number of fused-ring (bicyclic) bond motifs is 1. The highest BCUT2D eigenvalue weighted by Gasteiger charge is 2.23. The molecule has 7 heteroatoms. The van der Waals surface area contributed by atoms with E-state index in [1.54, 1.807) is 19.6 Å². The van der Waals surface area contributed by atoms with Gasteiger partial charge in [-0.3, -0.25) is 0 Å². The van der Waals surface area contributed by atoms with Crippen molar-refractivity contribution in [1.82, 2.24) is 19.9 Å². The van der Waals surface area contributed by atoms with Gasteiger partial charge in [-0.15, -0.1) is 0 Å². The summed E-state index contributed by atoms with van der Waals surface area (Å²) in [6.07, 6.45) is 8.13. The summed E-state index contributed by atoms with van der Waals surface area (Å²) in [4.78, 5) is 17.1. The Kier molecular flexibility index (Phi) is 4.59. The third-order valence-corrected chi connectivity index (χ3v) is 4.48. The number of hydrogen-bond donors (Lipinski definition) is 2. The van der Waals surface area contributed by atoms with E-state index in [9.17, 15) is 0 Å². The van der Waals surface area contributed by atoms with Crippen LogP contribution in [-0.2, 0) is 13.0 Å². The van der Waals surface area contributed by atoms with Crippen LogP contribution in [0.1, 0.15) is 22.6 Å². The quantitative estimate of drug-likeness (QED) is 0.708. The number of ether oxygens (including phenoxy) is 1. The van der Waals surface area contributed by atoms with Crippen molar-refractivity contribution in [3.05, 3.63) is 65.9 Å². The first-order valence-electron chi connectivity index (χ1n) is 8.53. The standard InChI is InChI=1S/C19H20N6O/c1-26-18-5-3-14(9-23-18)8-22-17-4-2-13(7-21-17)6-15-10-24-19-16(15)11-20-12-25-19/h2-5,7,9,11-12,15H,6,8,10H2,1H3,(H,21,22)(H,20,24,25). The van der Waals surface area contributed by atoms with E-state index in [0.29, 0.717) is 18.3 Å². The Morgan fingerprint density at radius 2 is 1.96 bits per heavy atom. The molecule has 0 fully saturated rings. The summed E-state index contributed by atoms with van der Waals surface area (Å²) in [5.74, 6) is 2.80. The highest BCUT2D eigenvalue weighted by Crippen LogP contribution is 2.31. The topological polar surface area (TPSA) is 84.9 Å². The number of rotatable bonds is 6.